The summed E-state index contributed by atoms with van der Waals surface area (Å²) < 4.78 is 4.51. The van der Waals surface area contributed by atoms with Gasteiger partial charge in [0, 0.05) is 35.2 Å². The third-order valence-electron chi connectivity index (χ3n) is 3.26. The minimum Gasteiger partial charge on any atom is -0.399 e. The van der Waals surface area contributed by atoms with Crippen molar-refractivity contribution in [2.45, 2.75) is 52.6 Å². The van der Waals surface area contributed by atoms with Crippen LogP contribution in [0.2, 0.25) is 0 Å². The molecule has 0 spiro atoms. The molecule has 2 rings (SSSR count). The Hall–Kier alpha value is -1.62. The average molecular weight is 304 g/mol. The standard InChI is InChI=1S/C16H24N4S/c1-11(2)20(10-12-7-6-8-13(17)9-12)15-18-14(19-21-15)16(3,4)5/h6-9,11H,10,17H2,1-5H3. The molecule has 0 aliphatic carbocycles. The lowest BCUT2D eigenvalue weighted by molar-refractivity contribution is 0.552. The summed E-state index contributed by atoms with van der Waals surface area (Å²) in [5, 5.41) is 0.970. The van der Waals surface area contributed by atoms with Gasteiger partial charge in [-0.1, -0.05) is 32.9 Å². The highest BCUT2D eigenvalue weighted by molar-refractivity contribution is 7.09. The first kappa shape index (κ1) is 15.8. The van der Waals surface area contributed by atoms with Gasteiger partial charge in [-0.2, -0.15) is 4.37 Å². The molecule has 114 valence electrons. The van der Waals surface area contributed by atoms with E-state index in [1.54, 1.807) is 0 Å². The molecule has 0 aliphatic rings. The molecule has 0 radical (unpaired) electrons. The molecule has 5 heteroatoms. The van der Waals surface area contributed by atoms with E-state index in [0.29, 0.717) is 6.04 Å². The Morgan fingerprint density at radius 2 is 2.00 bits per heavy atom. The minimum atomic E-state index is -0.0193. The molecule has 0 amide bonds. The van der Waals surface area contributed by atoms with Crippen LogP contribution in [-0.2, 0) is 12.0 Å². The van der Waals surface area contributed by atoms with Crippen molar-refractivity contribution in [2.75, 3.05) is 10.6 Å². The van der Waals surface area contributed by atoms with E-state index in [0.717, 1.165) is 23.2 Å². The minimum absolute atomic E-state index is 0.0193. The molecule has 1 aromatic heterocycles. The zero-order valence-corrected chi connectivity index (χ0v) is 14.2. The summed E-state index contributed by atoms with van der Waals surface area (Å²) in [6, 6.07) is 8.36. The van der Waals surface area contributed by atoms with Gasteiger partial charge in [-0.25, -0.2) is 4.98 Å². The number of anilines is 2. The van der Waals surface area contributed by atoms with Crippen LogP contribution in [0.5, 0.6) is 0 Å². The van der Waals surface area contributed by atoms with Crippen LogP contribution in [0.1, 0.15) is 46.0 Å². The Morgan fingerprint density at radius 3 is 2.52 bits per heavy atom. The third-order valence-corrected chi connectivity index (χ3v) is 4.01. The van der Waals surface area contributed by atoms with Gasteiger partial charge in [-0.3, -0.25) is 0 Å². The maximum absolute atomic E-state index is 5.87. The number of benzene rings is 1. The molecule has 0 atom stereocenters. The predicted molar refractivity (Wildman–Crippen MR) is 90.8 cm³/mol. The Kier molecular flexibility index (Phi) is 4.52. The van der Waals surface area contributed by atoms with Gasteiger partial charge in [0.25, 0.3) is 0 Å². The lowest BCUT2D eigenvalue weighted by atomic mass is 9.96. The summed E-state index contributed by atoms with van der Waals surface area (Å²) in [5.41, 5.74) is 7.83. The molecule has 0 saturated heterocycles. The summed E-state index contributed by atoms with van der Waals surface area (Å²) in [4.78, 5) is 6.99. The first-order chi connectivity index (χ1) is 9.77. The highest BCUT2D eigenvalue weighted by Gasteiger charge is 2.22. The van der Waals surface area contributed by atoms with E-state index in [-0.39, 0.29) is 5.41 Å². The van der Waals surface area contributed by atoms with Gasteiger partial charge in [0.2, 0.25) is 5.13 Å². The molecule has 0 fully saturated rings. The lowest BCUT2D eigenvalue weighted by Crippen LogP contribution is -2.30. The van der Waals surface area contributed by atoms with Crippen LogP contribution >= 0.6 is 11.5 Å². The van der Waals surface area contributed by atoms with E-state index >= 15 is 0 Å². The summed E-state index contributed by atoms with van der Waals surface area (Å²) in [7, 11) is 0. The van der Waals surface area contributed by atoms with Gasteiger partial charge in [-0.05, 0) is 31.5 Å². The molecule has 1 aromatic carbocycles. The second kappa shape index (κ2) is 6.02. The monoisotopic (exact) mass is 304 g/mol. The molecule has 1 heterocycles. The summed E-state index contributed by atoms with van der Waals surface area (Å²) in [5.74, 6) is 0.903. The van der Waals surface area contributed by atoms with Crippen LogP contribution in [-0.4, -0.2) is 15.4 Å². The normalized spacial score (nSPS) is 11.9. The van der Waals surface area contributed by atoms with Crippen LogP contribution in [0.3, 0.4) is 0 Å². The number of rotatable bonds is 4. The zero-order chi connectivity index (χ0) is 15.6. The summed E-state index contributed by atoms with van der Waals surface area (Å²) in [6.45, 7) is 11.5. The maximum atomic E-state index is 5.87. The molecule has 2 N–H and O–H groups in total. The first-order valence-electron chi connectivity index (χ1n) is 7.22. The van der Waals surface area contributed by atoms with Gasteiger partial charge in [0.1, 0.15) is 5.82 Å². The van der Waals surface area contributed by atoms with E-state index < -0.39 is 0 Å². The fraction of sp³-hybridized carbons (Fsp3) is 0.500. The quantitative estimate of drug-likeness (QED) is 0.872. The maximum Gasteiger partial charge on any atom is 0.205 e. The van der Waals surface area contributed by atoms with Crippen molar-refractivity contribution in [3.63, 3.8) is 0 Å². The van der Waals surface area contributed by atoms with Crippen molar-refractivity contribution < 1.29 is 0 Å². The fourth-order valence-electron chi connectivity index (χ4n) is 2.00. The molecule has 0 unspecified atom stereocenters. The zero-order valence-electron chi connectivity index (χ0n) is 13.4. The van der Waals surface area contributed by atoms with Crippen LogP contribution in [0.15, 0.2) is 24.3 Å². The SMILES string of the molecule is CC(C)N(Cc1cccc(N)c1)c1nc(C(C)(C)C)ns1. The van der Waals surface area contributed by atoms with E-state index in [2.05, 4.69) is 50.0 Å². The molecule has 0 aliphatic heterocycles. The van der Waals surface area contributed by atoms with Gasteiger partial charge >= 0.3 is 0 Å². The van der Waals surface area contributed by atoms with Crippen molar-refractivity contribution in [1.29, 1.82) is 0 Å². The molecular formula is C16H24N4S. The topological polar surface area (TPSA) is 55.0 Å². The van der Waals surface area contributed by atoms with Crippen molar-refractivity contribution in [3.8, 4) is 0 Å². The van der Waals surface area contributed by atoms with E-state index in [4.69, 9.17) is 10.7 Å². The number of nitrogens with two attached hydrogens (primary N) is 1. The van der Waals surface area contributed by atoms with Gasteiger partial charge in [0.15, 0.2) is 0 Å². The number of aromatic nitrogens is 2. The lowest BCUT2D eigenvalue weighted by Gasteiger charge is -2.26. The van der Waals surface area contributed by atoms with Crippen LogP contribution in [0.4, 0.5) is 10.8 Å². The Labute approximate surface area is 131 Å². The van der Waals surface area contributed by atoms with Crippen LogP contribution in [0.25, 0.3) is 0 Å². The second-order valence-corrected chi connectivity index (χ2v) is 7.35. The van der Waals surface area contributed by atoms with Crippen LogP contribution < -0.4 is 10.6 Å². The Morgan fingerprint density at radius 1 is 1.29 bits per heavy atom. The van der Waals surface area contributed by atoms with Crippen LogP contribution in [0, 0.1) is 0 Å². The summed E-state index contributed by atoms with van der Waals surface area (Å²) in [6.07, 6.45) is 0. The third kappa shape index (κ3) is 3.94. The number of hydrogen-bond donors (Lipinski definition) is 1. The fourth-order valence-corrected chi connectivity index (χ4v) is 2.99. The second-order valence-electron chi connectivity index (χ2n) is 6.62. The smallest absolute Gasteiger partial charge is 0.205 e. The highest BCUT2D eigenvalue weighted by atomic mass is 32.1. The first-order valence-corrected chi connectivity index (χ1v) is 8.00. The van der Waals surface area contributed by atoms with Gasteiger partial charge in [-0.15, -0.1) is 0 Å². The van der Waals surface area contributed by atoms with Crippen molar-refractivity contribution >= 4 is 22.4 Å². The largest absolute Gasteiger partial charge is 0.399 e. The number of nitrogens with zero attached hydrogens (tertiary/aromatic N) is 3. The van der Waals surface area contributed by atoms with E-state index in [1.165, 1.54) is 17.1 Å². The van der Waals surface area contributed by atoms with Gasteiger partial charge in [0.05, 0.1) is 0 Å². The molecule has 21 heavy (non-hydrogen) atoms. The van der Waals surface area contributed by atoms with Crippen molar-refractivity contribution in [1.82, 2.24) is 9.36 Å². The number of nitrogen functional groups attached to an aromatic ring is 1. The number of hydrogen-bond acceptors (Lipinski definition) is 5. The van der Waals surface area contributed by atoms with Crippen molar-refractivity contribution in [2.24, 2.45) is 0 Å². The Balaban J connectivity index is 2.25. The van der Waals surface area contributed by atoms with E-state index in [9.17, 15) is 0 Å². The molecule has 4 nitrogen and oxygen atoms in total. The predicted octanol–water partition coefficient (Wildman–Crippen LogP) is 3.83. The summed E-state index contributed by atoms with van der Waals surface area (Å²) >= 11 is 1.47. The molecular weight excluding hydrogens is 280 g/mol. The molecule has 0 saturated carbocycles. The van der Waals surface area contributed by atoms with E-state index in [1.807, 2.05) is 18.2 Å². The highest BCUT2D eigenvalue weighted by Crippen LogP contribution is 2.27. The van der Waals surface area contributed by atoms with Gasteiger partial charge < -0.3 is 10.6 Å². The molecule has 2 aromatic rings. The molecule has 0 bridgehead atoms. The van der Waals surface area contributed by atoms with Crippen molar-refractivity contribution in [3.05, 3.63) is 35.7 Å². The average Bonchev–Trinajstić information content (AvgIpc) is 2.84. The Bertz CT molecular complexity index is 598.